The summed E-state index contributed by atoms with van der Waals surface area (Å²) in [7, 11) is 1.89. The Kier molecular flexibility index (Phi) is 4.02. The van der Waals surface area contributed by atoms with Crippen LogP contribution in [-0.2, 0) is 12.8 Å². The molecular weight excluding hydrogens is 268 g/mol. The Balaban J connectivity index is 1.85. The third-order valence-corrected chi connectivity index (χ3v) is 4.48. The lowest BCUT2D eigenvalue weighted by Crippen LogP contribution is -2.33. The average Bonchev–Trinajstić information content (AvgIpc) is 2.92. The lowest BCUT2D eigenvalue weighted by Gasteiger charge is -2.24. The standard InChI is InChI=1S/C18H19F2N/c1-21-18(11-13-10-14(19)7-9-17(13)20)16-8-6-12-4-2-3-5-15(12)16/h2-5,7,9-10,16,18,21H,6,8,11H2,1H3. The molecule has 1 nitrogen and oxygen atoms in total. The van der Waals surface area contributed by atoms with E-state index in [2.05, 4.69) is 23.5 Å². The van der Waals surface area contributed by atoms with E-state index in [1.807, 2.05) is 13.1 Å². The smallest absolute Gasteiger partial charge is 0.126 e. The van der Waals surface area contributed by atoms with E-state index >= 15 is 0 Å². The summed E-state index contributed by atoms with van der Waals surface area (Å²) < 4.78 is 27.2. The molecule has 0 fully saturated rings. The van der Waals surface area contributed by atoms with Gasteiger partial charge in [0.2, 0.25) is 0 Å². The van der Waals surface area contributed by atoms with Gasteiger partial charge >= 0.3 is 0 Å². The molecule has 0 radical (unpaired) electrons. The van der Waals surface area contributed by atoms with Crippen LogP contribution in [0.1, 0.15) is 29.0 Å². The molecule has 0 saturated carbocycles. The molecule has 0 heterocycles. The minimum absolute atomic E-state index is 0.116. The average molecular weight is 287 g/mol. The normalized spacial score (nSPS) is 18.5. The maximum Gasteiger partial charge on any atom is 0.126 e. The van der Waals surface area contributed by atoms with Crippen molar-refractivity contribution in [2.24, 2.45) is 0 Å². The second-order valence-electron chi connectivity index (χ2n) is 5.68. The number of nitrogens with one attached hydrogen (secondary N) is 1. The van der Waals surface area contributed by atoms with Crippen LogP contribution in [0.25, 0.3) is 0 Å². The molecule has 0 bridgehead atoms. The molecule has 0 aliphatic heterocycles. The minimum atomic E-state index is -0.381. The number of hydrogen-bond donors (Lipinski definition) is 1. The number of rotatable bonds is 4. The van der Waals surface area contributed by atoms with Crippen molar-refractivity contribution in [1.29, 1.82) is 0 Å². The van der Waals surface area contributed by atoms with Crippen molar-refractivity contribution in [3.05, 3.63) is 70.8 Å². The topological polar surface area (TPSA) is 12.0 Å². The van der Waals surface area contributed by atoms with Gasteiger partial charge in [-0.2, -0.15) is 0 Å². The van der Waals surface area contributed by atoms with Gasteiger partial charge in [0.15, 0.2) is 0 Å². The van der Waals surface area contributed by atoms with Crippen molar-refractivity contribution in [3.8, 4) is 0 Å². The molecule has 2 atom stereocenters. The van der Waals surface area contributed by atoms with Gasteiger partial charge in [-0.1, -0.05) is 24.3 Å². The Morgan fingerprint density at radius 1 is 1.19 bits per heavy atom. The van der Waals surface area contributed by atoms with Crippen LogP contribution in [0.15, 0.2) is 42.5 Å². The van der Waals surface area contributed by atoms with Crippen LogP contribution < -0.4 is 5.32 Å². The number of benzene rings is 2. The van der Waals surface area contributed by atoms with Gasteiger partial charge in [0.25, 0.3) is 0 Å². The Hall–Kier alpha value is -1.74. The number of likely N-dealkylation sites (N-methyl/N-ethyl adjacent to an activating group) is 1. The summed E-state index contributed by atoms with van der Waals surface area (Å²) in [5, 5.41) is 3.29. The summed E-state index contributed by atoms with van der Waals surface area (Å²) in [4.78, 5) is 0. The Bertz CT molecular complexity index is 639. The van der Waals surface area contributed by atoms with E-state index < -0.39 is 0 Å². The number of hydrogen-bond acceptors (Lipinski definition) is 1. The van der Waals surface area contributed by atoms with E-state index in [0.29, 0.717) is 17.9 Å². The quantitative estimate of drug-likeness (QED) is 0.901. The molecule has 0 amide bonds. The van der Waals surface area contributed by atoms with Crippen molar-refractivity contribution in [1.82, 2.24) is 5.32 Å². The monoisotopic (exact) mass is 287 g/mol. The highest BCUT2D eigenvalue weighted by Crippen LogP contribution is 2.36. The Morgan fingerprint density at radius 2 is 2.00 bits per heavy atom. The van der Waals surface area contributed by atoms with Gasteiger partial charge in [-0.25, -0.2) is 8.78 Å². The molecule has 0 spiro atoms. The molecule has 1 N–H and O–H groups in total. The fourth-order valence-electron chi connectivity index (χ4n) is 3.39. The summed E-state index contributed by atoms with van der Waals surface area (Å²) in [6.45, 7) is 0. The van der Waals surface area contributed by atoms with Gasteiger partial charge in [-0.3, -0.25) is 0 Å². The Labute approximate surface area is 124 Å². The molecule has 0 aromatic heterocycles. The second-order valence-corrected chi connectivity index (χ2v) is 5.68. The fraction of sp³-hybridized carbons (Fsp3) is 0.333. The summed E-state index contributed by atoms with van der Waals surface area (Å²) >= 11 is 0. The summed E-state index contributed by atoms with van der Waals surface area (Å²) in [5.41, 5.74) is 3.16. The number of fused-ring (bicyclic) bond motifs is 1. The molecule has 1 aliphatic rings. The highest BCUT2D eigenvalue weighted by molar-refractivity contribution is 5.36. The molecule has 21 heavy (non-hydrogen) atoms. The van der Waals surface area contributed by atoms with Gasteiger partial charge in [-0.15, -0.1) is 0 Å². The van der Waals surface area contributed by atoms with E-state index in [-0.39, 0.29) is 17.7 Å². The zero-order chi connectivity index (χ0) is 14.8. The van der Waals surface area contributed by atoms with E-state index in [9.17, 15) is 8.78 Å². The maximum atomic E-state index is 13.9. The molecule has 0 saturated heterocycles. The SMILES string of the molecule is CNC(Cc1cc(F)ccc1F)C1CCc2ccccc21. The van der Waals surface area contributed by atoms with Gasteiger partial charge in [0.05, 0.1) is 0 Å². The van der Waals surface area contributed by atoms with Crippen LogP contribution in [0.2, 0.25) is 0 Å². The van der Waals surface area contributed by atoms with Crippen molar-refractivity contribution < 1.29 is 8.78 Å². The predicted octanol–water partition coefficient (Wildman–Crippen LogP) is 3.83. The van der Waals surface area contributed by atoms with E-state index in [1.165, 1.54) is 23.3 Å². The van der Waals surface area contributed by atoms with E-state index in [4.69, 9.17) is 0 Å². The van der Waals surface area contributed by atoms with Crippen LogP contribution in [0.4, 0.5) is 8.78 Å². The first-order chi connectivity index (χ1) is 10.2. The lowest BCUT2D eigenvalue weighted by molar-refractivity contribution is 0.447. The zero-order valence-corrected chi connectivity index (χ0v) is 12.1. The van der Waals surface area contributed by atoms with Crippen LogP contribution in [0.5, 0.6) is 0 Å². The molecular formula is C18H19F2N. The fourth-order valence-corrected chi connectivity index (χ4v) is 3.39. The van der Waals surface area contributed by atoms with E-state index in [1.54, 1.807) is 0 Å². The first-order valence-corrected chi connectivity index (χ1v) is 7.38. The van der Waals surface area contributed by atoms with Crippen LogP contribution >= 0.6 is 0 Å². The van der Waals surface area contributed by atoms with Crippen LogP contribution in [0.3, 0.4) is 0 Å². The minimum Gasteiger partial charge on any atom is -0.316 e. The summed E-state index contributed by atoms with van der Waals surface area (Å²) in [6, 6.07) is 12.2. The predicted molar refractivity (Wildman–Crippen MR) is 80.4 cm³/mol. The van der Waals surface area contributed by atoms with Crippen molar-refractivity contribution in [3.63, 3.8) is 0 Å². The third-order valence-electron chi connectivity index (χ3n) is 4.48. The van der Waals surface area contributed by atoms with Gasteiger partial charge in [0.1, 0.15) is 11.6 Å². The lowest BCUT2D eigenvalue weighted by atomic mass is 9.89. The van der Waals surface area contributed by atoms with Crippen molar-refractivity contribution in [2.45, 2.75) is 31.2 Å². The summed E-state index contributed by atoms with van der Waals surface area (Å²) in [5.74, 6) is -0.357. The highest BCUT2D eigenvalue weighted by Gasteiger charge is 2.29. The molecule has 3 heteroatoms. The first kappa shape index (κ1) is 14.2. The summed E-state index contributed by atoms with van der Waals surface area (Å²) in [6.07, 6.45) is 2.62. The number of aryl methyl sites for hydroxylation is 1. The maximum absolute atomic E-state index is 13.9. The second kappa shape index (κ2) is 5.94. The third kappa shape index (κ3) is 2.84. The highest BCUT2D eigenvalue weighted by atomic mass is 19.1. The molecule has 2 unspecified atom stereocenters. The van der Waals surface area contributed by atoms with Crippen molar-refractivity contribution >= 4 is 0 Å². The largest absolute Gasteiger partial charge is 0.316 e. The molecule has 2 aromatic carbocycles. The van der Waals surface area contributed by atoms with E-state index in [0.717, 1.165) is 18.9 Å². The van der Waals surface area contributed by atoms with Crippen LogP contribution in [0, 0.1) is 11.6 Å². The molecule has 3 rings (SSSR count). The van der Waals surface area contributed by atoms with Gasteiger partial charge in [-0.05, 0) is 61.2 Å². The van der Waals surface area contributed by atoms with Gasteiger partial charge in [0, 0.05) is 12.0 Å². The van der Waals surface area contributed by atoms with Crippen molar-refractivity contribution in [2.75, 3.05) is 7.05 Å². The van der Waals surface area contributed by atoms with Gasteiger partial charge < -0.3 is 5.32 Å². The number of halogens is 2. The molecule has 110 valence electrons. The molecule has 1 aliphatic carbocycles. The molecule has 2 aromatic rings. The zero-order valence-electron chi connectivity index (χ0n) is 12.1. The first-order valence-electron chi connectivity index (χ1n) is 7.38. The Morgan fingerprint density at radius 3 is 2.81 bits per heavy atom. The van der Waals surface area contributed by atoms with Crippen LogP contribution in [-0.4, -0.2) is 13.1 Å².